The van der Waals surface area contributed by atoms with E-state index in [4.69, 9.17) is 12.2 Å². The molecule has 0 aliphatic rings. The summed E-state index contributed by atoms with van der Waals surface area (Å²) in [4.78, 5) is 7.82. The average Bonchev–Trinajstić information content (AvgIpc) is 2.93. The third kappa shape index (κ3) is 2.57. The molecule has 2 aromatic heterocycles. The van der Waals surface area contributed by atoms with Crippen LogP contribution < -0.4 is 5.32 Å². The summed E-state index contributed by atoms with van der Waals surface area (Å²) in [5.41, 5.74) is 5.44. The third-order valence-electron chi connectivity index (χ3n) is 4.28. The monoisotopic (exact) mass is 334 g/mol. The van der Waals surface area contributed by atoms with Gasteiger partial charge >= 0.3 is 0 Å². The third-order valence-corrected chi connectivity index (χ3v) is 4.60. The zero-order valence-corrected chi connectivity index (χ0v) is 14.2. The average molecular weight is 334 g/mol. The van der Waals surface area contributed by atoms with Crippen LogP contribution in [0, 0.1) is 4.77 Å². The molecule has 4 rings (SSSR count). The number of fused-ring (bicyclic) bond motifs is 2. The van der Waals surface area contributed by atoms with Gasteiger partial charge in [-0.1, -0.05) is 30.3 Å². The van der Waals surface area contributed by atoms with E-state index in [1.165, 1.54) is 5.56 Å². The van der Waals surface area contributed by atoms with Crippen molar-refractivity contribution in [3.05, 3.63) is 65.1 Å². The zero-order valence-electron chi connectivity index (χ0n) is 13.4. The minimum Gasteiger partial charge on any atom is -0.380 e. The van der Waals surface area contributed by atoms with Crippen LogP contribution in [0.3, 0.4) is 0 Å². The van der Waals surface area contributed by atoms with Gasteiger partial charge < -0.3 is 14.9 Å². The highest BCUT2D eigenvalue weighted by molar-refractivity contribution is 7.71. The Bertz CT molecular complexity index is 1060. The summed E-state index contributed by atoms with van der Waals surface area (Å²) in [5, 5.41) is 4.61. The zero-order chi connectivity index (χ0) is 16.5. The molecule has 0 bridgehead atoms. The van der Waals surface area contributed by atoms with Gasteiger partial charge in [0.25, 0.3) is 0 Å². The number of H-pyrrole nitrogens is 1. The second-order valence-corrected chi connectivity index (χ2v) is 6.15. The van der Waals surface area contributed by atoms with Crippen LogP contribution >= 0.6 is 12.2 Å². The number of rotatable bonds is 4. The summed E-state index contributed by atoms with van der Waals surface area (Å²) >= 11 is 5.41. The summed E-state index contributed by atoms with van der Waals surface area (Å²) in [6.45, 7) is 3.72. The summed E-state index contributed by atoms with van der Waals surface area (Å²) in [6.07, 6.45) is 1.85. The van der Waals surface area contributed by atoms with E-state index in [0.29, 0.717) is 0 Å². The molecule has 4 nitrogen and oxygen atoms in total. The van der Waals surface area contributed by atoms with Gasteiger partial charge in [-0.05, 0) is 42.9 Å². The number of aromatic amines is 1. The molecule has 0 aliphatic heterocycles. The van der Waals surface area contributed by atoms with Crippen LogP contribution in [0.2, 0.25) is 0 Å². The van der Waals surface area contributed by atoms with Gasteiger partial charge in [0.2, 0.25) is 0 Å². The first-order chi connectivity index (χ1) is 11.8. The van der Waals surface area contributed by atoms with Crippen molar-refractivity contribution < 1.29 is 0 Å². The summed E-state index contributed by atoms with van der Waals surface area (Å²) < 4.78 is 2.84. The van der Waals surface area contributed by atoms with Crippen LogP contribution in [0.4, 0.5) is 5.69 Å². The second kappa shape index (κ2) is 6.09. The molecule has 24 heavy (non-hydrogen) atoms. The lowest BCUT2D eigenvalue weighted by molar-refractivity contribution is 0.774. The number of benzene rings is 2. The van der Waals surface area contributed by atoms with Crippen molar-refractivity contribution in [2.45, 2.75) is 20.0 Å². The highest BCUT2D eigenvalue weighted by atomic mass is 32.1. The van der Waals surface area contributed by atoms with Crippen molar-refractivity contribution in [2.75, 3.05) is 5.32 Å². The number of pyridine rings is 1. The minimum absolute atomic E-state index is 0.751. The molecule has 0 fully saturated rings. The molecule has 2 heterocycles. The smallest absolute Gasteiger partial charge is 0.178 e. The first-order valence-corrected chi connectivity index (χ1v) is 8.46. The number of anilines is 1. The first-order valence-electron chi connectivity index (χ1n) is 8.05. The van der Waals surface area contributed by atoms with E-state index in [9.17, 15) is 0 Å². The highest BCUT2D eigenvalue weighted by Crippen LogP contribution is 2.27. The number of nitrogens with zero attached hydrogens (tertiary/aromatic N) is 2. The fraction of sp³-hybridized carbons (Fsp3) is 0.158. The highest BCUT2D eigenvalue weighted by Gasteiger charge is 2.08. The number of imidazole rings is 1. The molecule has 0 saturated carbocycles. The van der Waals surface area contributed by atoms with Crippen LogP contribution in [-0.4, -0.2) is 14.5 Å². The van der Waals surface area contributed by atoms with Gasteiger partial charge in [-0.15, -0.1) is 0 Å². The van der Waals surface area contributed by atoms with Crippen LogP contribution in [0.1, 0.15) is 12.5 Å². The van der Waals surface area contributed by atoms with E-state index in [2.05, 4.69) is 63.2 Å². The van der Waals surface area contributed by atoms with Gasteiger partial charge in [-0.2, -0.15) is 0 Å². The molecule has 0 atom stereocenters. The number of hydrogen-bond donors (Lipinski definition) is 2. The van der Waals surface area contributed by atoms with E-state index in [1.54, 1.807) is 0 Å². The molecule has 0 saturated heterocycles. The molecule has 0 amide bonds. The summed E-state index contributed by atoms with van der Waals surface area (Å²) in [6, 6.07) is 16.6. The predicted molar refractivity (Wildman–Crippen MR) is 102 cm³/mol. The maximum Gasteiger partial charge on any atom is 0.178 e. The lowest BCUT2D eigenvalue weighted by Gasteiger charge is -2.10. The molecule has 0 aliphatic carbocycles. The van der Waals surface area contributed by atoms with Crippen LogP contribution in [0.25, 0.3) is 21.9 Å². The van der Waals surface area contributed by atoms with Gasteiger partial charge in [0, 0.05) is 30.4 Å². The van der Waals surface area contributed by atoms with Crippen LogP contribution in [0.5, 0.6) is 0 Å². The molecule has 0 spiro atoms. The number of aryl methyl sites for hydroxylation is 1. The van der Waals surface area contributed by atoms with Crippen molar-refractivity contribution in [1.82, 2.24) is 14.5 Å². The topological polar surface area (TPSA) is 45.6 Å². The molecule has 0 unspecified atom stereocenters. The number of hydrogen-bond acceptors (Lipinski definition) is 3. The van der Waals surface area contributed by atoms with Gasteiger partial charge in [0.1, 0.15) is 0 Å². The van der Waals surface area contributed by atoms with Gasteiger partial charge in [-0.3, -0.25) is 4.98 Å². The molecular formula is C19H18N4S. The van der Waals surface area contributed by atoms with Gasteiger partial charge in [0.15, 0.2) is 4.77 Å². The first kappa shape index (κ1) is 14.9. The van der Waals surface area contributed by atoms with Crippen molar-refractivity contribution in [3.63, 3.8) is 0 Å². The largest absolute Gasteiger partial charge is 0.380 e. The Kier molecular flexibility index (Phi) is 3.78. The van der Waals surface area contributed by atoms with Gasteiger partial charge in [-0.25, -0.2) is 0 Å². The Balaban J connectivity index is 1.79. The summed E-state index contributed by atoms with van der Waals surface area (Å²) in [7, 11) is 0. The Labute approximate surface area is 145 Å². The molecule has 2 aromatic carbocycles. The van der Waals surface area contributed by atoms with E-state index < -0.39 is 0 Å². The Morgan fingerprint density at radius 3 is 2.79 bits per heavy atom. The van der Waals surface area contributed by atoms with E-state index >= 15 is 0 Å². The molecule has 0 radical (unpaired) electrons. The Morgan fingerprint density at radius 1 is 1.17 bits per heavy atom. The minimum atomic E-state index is 0.751. The number of nitrogens with one attached hydrogen (secondary N) is 2. The second-order valence-electron chi connectivity index (χ2n) is 5.76. The van der Waals surface area contributed by atoms with E-state index in [0.717, 1.165) is 45.5 Å². The normalized spacial score (nSPS) is 11.2. The van der Waals surface area contributed by atoms with Crippen molar-refractivity contribution in [2.24, 2.45) is 0 Å². The summed E-state index contributed by atoms with van der Waals surface area (Å²) in [5.74, 6) is 0. The molecule has 5 heteroatoms. The van der Waals surface area contributed by atoms with Crippen molar-refractivity contribution in [3.8, 4) is 0 Å². The lowest BCUT2D eigenvalue weighted by atomic mass is 10.1. The lowest BCUT2D eigenvalue weighted by Crippen LogP contribution is -2.00. The Hall–Kier alpha value is -2.66. The fourth-order valence-corrected chi connectivity index (χ4v) is 3.40. The Morgan fingerprint density at radius 2 is 2.00 bits per heavy atom. The maximum atomic E-state index is 5.41. The standard InChI is InChI=1S/C19H18N4S/c1-2-23-18-11-16-14(10-17(18)22-19(23)24)15(8-9-20-16)21-12-13-6-4-3-5-7-13/h3-11H,2,12H2,1H3,(H,20,21)(H,22,24). The van der Waals surface area contributed by atoms with Crippen LogP contribution in [-0.2, 0) is 13.1 Å². The van der Waals surface area contributed by atoms with Crippen molar-refractivity contribution in [1.29, 1.82) is 0 Å². The molecule has 2 N–H and O–H groups in total. The quantitative estimate of drug-likeness (QED) is 0.523. The van der Waals surface area contributed by atoms with Gasteiger partial charge in [0.05, 0.1) is 16.6 Å². The van der Waals surface area contributed by atoms with E-state index in [-0.39, 0.29) is 0 Å². The van der Waals surface area contributed by atoms with Crippen LogP contribution in [0.15, 0.2) is 54.7 Å². The molecular weight excluding hydrogens is 316 g/mol. The van der Waals surface area contributed by atoms with Crippen molar-refractivity contribution >= 4 is 39.8 Å². The molecule has 120 valence electrons. The SMILES string of the molecule is CCn1c(=S)[nH]c2cc3c(NCc4ccccc4)ccnc3cc21. The molecule has 4 aromatic rings. The number of aromatic nitrogens is 3. The fourth-order valence-electron chi connectivity index (χ4n) is 3.06. The maximum absolute atomic E-state index is 5.41. The predicted octanol–water partition coefficient (Wildman–Crippen LogP) is 4.88. The van der Waals surface area contributed by atoms with E-state index in [1.807, 2.05) is 18.3 Å².